The molecule has 0 fully saturated rings. The molecular formula is C17H17NO4. The second kappa shape index (κ2) is 7.26. The molecule has 114 valence electrons. The van der Waals surface area contributed by atoms with Crippen molar-refractivity contribution in [3.05, 3.63) is 64.3 Å². The quantitative estimate of drug-likeness (QED) is 0.597. The van der Waals surface area contributed by atoms with E-state index in [2.05, 4.69) is 0 Å². The third kappa shape index (κ3) is 3.63. The monoisotopic (exact) mass is 299 g/mol. The Balaban J connectivity index is 2.48. The fraction of sp³-hybridized carbons (Fsp3) is 0.176. The molecule has 0 amide bonds. The van der Waals surface area contributed by atoms with Crippen LogP contribution < -0.4 is 9.47 Å². The number of hydrogen-bond acceptors (Lipinski definition) is 4. The van der Waals surface area contributed by atoms with Crippen molar-refractivity contribution in [2.45, 2.75) is 6.92 Å². The van der Waals surface area contributed by atoms with Gasteiger partial charge in [-0.05, 0) is 35.7 Å². The Morgan fingerprint density at radius 3 is 2.64 bits per heavy atom. The number of benzene rings is 2. The zero-order valence-corrected chi connectivity index (χ0v) is 12.5. The molecule has 2 aromatic rings. The Hall–Kier alpha value is -2.82. The molecule has 0 bridgehead atoms. The molecule has 0 N–H and O–H groups in total. The van der Waals surface area contributed by atoms with E-state index in [1.807, 2.05) is 49.4 Å². The Morgan fingerprint density at radius 2 is 1.95 bits per heavy atom. The molecule has 0 aliphatic rings. The fourth-order valence-corrected chi connectivity index (χ4v) is 2.16. The van der Waals surface area contributed by atoms with Gasteiger partial charge >= 0.3 is 0 Å². The van der Waals surface area contributed by atoms with Crippen LogP contribution in [0.3, 0.4) is 0 Å². The standard InChI is InChI=1S/C17H17NO4/c1-3-22-17-12-14(8-9-16(17)21-2)15-7-5-4-6-13(15)10-11-18(19)20/h4-12H,3H2,1-2H3/b11-10+. The summed E-state index contributed by atoms with van der Waals surface area (Å²) in [6.45, 7) is 2.43. The first kappa shape index (κ1) is 15.6. The van der Waals surface area contributed by atoms with Crippen LogP contribution in [0.25, 0.3) is 17.2 Å². The molecule has 0 aliphatic heterocycles. The lowest BCUT2D eigenvalue weighted by Crippen LogP contribution is -1.96. The Labute approximate surface area is 129 Å². The van der Waals surface area contributed by atoms with E-state index in [9.17, 15) is 10.1 Å². The van der Waals surface area contributed by atoms with Crippen molar-refractivity contribution < 1.29 is 14.4 Å². The topological polar surface area (TPSA) is 61.6 Å². The zero-order chi connectivity index (χ0) is 15.9. The first-order valence-corrected chi connectivity index (χ1v) is 6.87. The van der Waals surface area contributed by atoms with Gasteiger partial charge in [0.2, 0.25) is 6.20 Å². The highest BCUT2D eigenvalue weighted by atomic mass is 16.6. The van der Waals surface area contributed by atoms with Crippen LogP contribution in [-0.4, -0.2) is 18.6 Å². The van der Waals surface area contributed by atoms with E-state index in [1.54, 1.807) is 7.11 Å². The molecule has 2 aromatic carbocycles. The van der Waals surface area contributed by atoms with Gasteiger partial charge in [0.15, 0.2) is 11.5 Å². The minimum absolute atomic E-state index is 0.476. The summed E-state index contributed by atoms with van der Waals surface area (Å²) in [5.41, 5.74) is 2.57. The van der Waals surface area contributed by atoms with Gasteiger partial charge in [-0.25, -0.2) is 0 Å². The first-order valence-electron chi connectivity index (χ1n) is 6.87. The molecule has 5 nitrogen and oxygen atoms in total. The van der Waals surface area contributed by atoms with Gasteiger partial charge in [0, 0.05) is 6.08 Å². The van der Waals surface area contributed by atoms with Gasteiger partial charge in [-0.15, -0.1) is 0 Å². The average Bonchev–Trinajstić information content (AvgIpc) is 2.53. The van der Waals surface area contributed by atoms with Gasteiger partial charge in [0.05, 0.1) is 18.6 Å². The van der Waals surface area contributed by atoms with E-state index >= 15 is 0 Å². The van der Waals surface area contributed by atoms with E-state index in [0.29, 0.717) is 18.1 Å². The van der Waals surface area contributed by atoms with E-state index in [1.165, 1.54) is 6.08 Å². The summed E-state index contributed by atoms with van der Waals surface area (Å²) in [6.07, 6.45) is 2.42. The predicted octanol–water partition coefficient (Wildman–Crippen LogP) is 4.01. The minimum atomic E-state index is -0.476. The van der Waals surface area contributed by atoms with Crippen molar-refractivity contribution in [1.29, 1.82) is 0 Å². The van der Waals surface area contributed by atoms with Crippen molar-refractivity contribution in [2.24, 2.45) is 0 Å². The number of nitro groups is 1. The lowest BCUT2D eigenvalue weighted by Gasteiger charge is -2.12. The third-order valence-electron chi connectivity index (χ3n) is 3.11. The summed E-state index contributed by atoms with van der Waals surface area (Å²) in [5, 5.41) is 10.5. The zero-order valence-electron chi connectivity index (χ0n) is 12.5. The van der Waals surface area contributed by atoms with Gasteiger partial charge in [0.25, 0.3) is 0 Å². The second-order valence-electron chi connectivity index (χ2n) is 4.49. The molecule has 0 unspecified atom stereocenters. The molecule has 5 heteroatoms. The van der Waals surface area contributed by atoms with Crippen molar-refractivity contribution in [1.82, 2.24) is 0 Å². The normalized spacial score (nSPS) is 10.6. The van der Waals surface area contributed by atoms with Crippen LogP contribution in [0.15, 0.2) is 48.7 Å². The maximum atomic E-state index is 10.5. The minimum Gasteiger partial charge on any atom is -0.493 e. The molecule has 22 heavy (non-hydrogen) atoms. The van der Waals surface area contributed by atoms with E-state index in [-0.39, 0.29) is 0 Å². The SMILES string of the molecule is CCOc1cc(-c2ccccc2/C=C/[N+](=O)[O-])ccc1OC. The second-order valence-corrected chi connectivity index (χ2v) is 4.49. The van der Waals surface area contributed by atoms with Crippen molar-refractivity contribution in [3.63, 3.8) is 0 Å². The Kier molecular flexibility index (Phi) is 5.14. The van der Waals surface area contributed by atoms with Crippen molar-refractivity contribution in [3.8, 4) is 22.6 Å². The third-order valence-corrected chi connectivity index (χ3v) is 3.11. The van der Waals surface area contributed by atoms with Crippen LogP contribution in [-0.2, 0) is 0 Å². The summed E-state index contributed by atoms with van der Waals surface area (Å²) in [6, 6.07) is 13.1. The number of ether oxygens (including phenoxy) is 2. The number of methoxy groups -OCH3 is 1. The maximum absolute atomic E-state index is 10.5. The van der Waals surface area contributed by atoms with Crippen LogP contribution in [0.1, 0.15) is 12.5 Å². The average molecular weight is 299 g/mol. The summed E-state index contributed by atoms with van der Waals surface area (Å²) >= 11 is 0. The van der Waals surface area contributed by atoms with Gasteiger partial charge in [-0.1, -0.05) is 30.3 Å². The summed E-state index contributed by atoms with van der Waals surface area (Å²) in [7, 11) is 1.59. The van der Waals surface area contributed by atoms with E-state index < -0.39 is 4.92 Å². The molecule has 0 radical (unpaired) electrons. The summed E-state index contributed by atoms with van der Waals surface area (Å²) in [4.78, 5) is 10.0. The molecule has 0 saturated heterocycles. The number of rotatable bonds is 6. The molecule has 0 spiro atoms. The maximum Gasteiger partial charge on any atom is 0.235 e. The molecule has 0 saturated carbocycles. The number of nitrogens with zero attached hydrogens (tertiary/aromatic N) is 1. The lowest BCUT2D eigenvalue weighted by atomic mass is 9.99. The largest absolute Gasteiger partial charge is 0.493 e. The first-order chi connectivity index (χ1) is 10.7. The molecule has 0 heterocycles. The lowest BCUT2D eigenvalue weighted by molar-refractivity contribution is -0.400. The van der Waals surface area contributed by atoms with E-state index in [4.69, 9.17) is 9.47 Å². The van der Waals surface area contributed by atoms with E-state index in [0.717, 1.165) is 22.9 Å². The van der Waals surface area contributed by atoms with Gasteiger partial charge < -0.3 is 9.47 Å². The van der Waals surface area contributed by atoms with Crippen LogP contribution in [0, 0.1) is 10.1 Å². The van der Waals surface area contributed by atoms with Crippen LogP contribution >= 0.6 is 0 Å². The van der Waals surface area contributed by atoms with Crippen molar-refractivity contribution >= 4 is 6.08 Å². The number of hydrogen-bond donors (Lipinski definition) is 0. The molecule has 0 aliphatic carbocycles. The smallest absolute Gasteiger partial charge is 0.235 e. The van der Waals surface area contributed by atoms with Gasteiger partial charge in [-0.2, -0.15) is 0 Å². The summed E-state index contributed by atoms with van der Waals surface area (Å²) < 4.78 is 10.8. The van der Waals surface area contributed by atoms with Gasteiger partial charge in [0.1, 0.15) is 0 Å². The predicted molar refractivity (Wildman–Crippen MR) is 85.6 cm³/mol. The molecular weight excluding hydrogens is 282 g/mol. The Bertz CT molecular complexity index is 695. The fourth-order valence-electron chi connectivity index (χ4n) is 2.16. The van der Waals surface area contributed by atoms with Crippen molar-refractivity contribution in [2.75, 3.05) is 13.7 Å². The Morgan fingerprint density at radius 1 is 1.18 bits per heavy atom. The van der Waals surface area contributed by atoms with Gasteiger partial charge in [-0.3, -0.25) is 10.1 Å². The molecule has 0 atom stereocenters. The molecule has 0 aromatic heterocycles. The molecule has 2 rings (SSSR count). The highest BCUT2D eigenvalue weighted by molar-refractivity contribution is 5.76. The van der Waals surface area contributed by atoms with Crippen LogP contribution in [0.2, 0.25) is 0 Å². The summed E-state index contributed by atoms with van der Waals surface area (Å²) in [5.74, 6) is 1.31. The highest BCUT2D eigenvalue weighted by Crippen LogP contribution is 2.34. The van der Waals surface area contributed by atoms with Crippen LogP contribution in [0.4, 0.5) is 0 Å². The van der Waals surface area contributed by atoms with Crippen LogP contribution in [0.5, 0.6) is 11.5 Å². The highest BCUT2D eigenvalue weighted by Gasteiger charge is 2.09.